The molecule has 0 bridgehead atoms. The fourth-order valence-corrected chi connectivity index (χ4v) is 1.95. The molecule has 0 radical (unpaired) electrons. The SMILES string of the molecule is CCC(=O)Nc1ccc(C(=O)N/N=C\c2ccccc2OC)cc1. The molecule has 0 saturated heterocycles. The zero-order chi connectivity index (χ0) is 17.4. The van der Waals surface area contributed by atoms with Crippen molar-refractivity contribution in [3.05, 3.63) is 59.7 Å². The number of anilines is 1. The van der Waals surface area contributed by atoms with Gasteiger partial charge in [0, 0.05) is 23.2 Å². The summed E-state index contributed by atoms with van der Waals surface area (Å²) in [5, 5.41) is 6.66. The molecule has 0 aromatic heterocycles. The Kier molecular flexibility index (Phi) is 6.08. The van der Waals surface area contributed by atoms with Crippen molar-refractivity contribution in [3.63, 3.8) is 0 Å². The smallest absolute Gasteiger partial charge is 0.271 e. The average Bonchev–Trinajstić information content (AvgIpc) is 2.62. The van der Waals surface area contributed by atoms with E-state index in [-0.39, 0.29) is 11.8 Å². The minimum Gasteiger partial charge on any atom is -0.496 e. The summed E-state index contributed by atoms with van der Waals surface area (Å²) in [6.07, 6.45) is 1.92. The second kappa shape index (κ2) is 8.47. The van der Waals surface area contributed by atoms with Crippen LogP contribution in [0, 0.1) is 0 Å². The summed E-state index contributed by atoms with van der Waals surface area (Å²) >= 11 is 0. The lowest BCUT2D eigenvalue weighted by molar-refractivity contribution is -0.115. The highest BCUT2D eigenvalue weighted by Gasteiger charge is 2.05. The number of hydrogen-bond acceptors (Lipinski definition) is 4. The predicted molar refractivity (Wildman–Crippen MR) is 93.4 cm³/mol. The van der Waals surface area contributed by atoms with Crippen LogP contribution in [0.2, 0.25) is 0 Å². The van der Waals surface area contributed by atoms with Gasteiger partial charge in [-0.2, -0.15) is 5.10 Å². The van der Waals surface area contributed by atoms with Crippen molar-refractivity contribution < 1.29 is 14.3 Å². The molecule has 0 aliphatic heterocycles. The van der Waals surface area contributed by atoms with E-state index < -0.39 is 0 Å². The van der Waals surface area contributed by atoms with Crippen molar-refractivity contribution >= 4 is 23.7 Å². The summed E-state index contributed by atoms with van der Waals surface area (Å²) < 4.78 is 5.20. The highest BCUT2D eigenvalue weighted by Crippen LogP contribution is 2.14. The Balaban J connectivity index is 1.97. The number of methoxy groups -OCH3 is 1. The summed E-state index contributed by atoms with van der Waals surface area (Å²) in [6.45, 7) is 1.77. The van der Waals surface area contributed by atoms with Crippen molar-refractivity contribution in [1.29, 1.82) is 0 Å². The van der Waals surface area contributed by atoms with Crippen molar-refractivity contribution in [2.75, 3.05) is 12.4 Å². The molecule has 2 N–H and O–H groups in total. The molecule has 2 aromatic rings. The highest BCUT2D eigenvalue weighted by atomic mass is 16.5. The van der Waals surface area contributed by atoms with Gasteiger partial charge in [-0.25, -0.2) is 5.43 Å². The number of hydrogen-bond donors (Lipinski definition) is 2. The largest absolute Gasteiger partial charge is 0.496 e. The number of ether oxygens (including phenoxy) is 1. The number of nitrogens with zero attached hydrogens (tertiary/aromatic N) is 1. The molecule has 2 aromatic carbocycles. The van der Waals surface area contributed by atoms with E-state index in [9.17, 15) is 9.59 Å². The molecular weight excluding hydrogens is 306 g/mol. The van der Waals surface area contributed by atoms with E-state index in [0.29, 0.717) is 23.4 Å². The van der Waals surface area contributed by atoms with Crippen LogP contribution in [0.4, 0.5) is 5.69 Å². The lowest BCUT2D eigenvalue weighted by Gasteiger charge is -2.05. The molecule has 6 nitrogen and oxygen atoms in total. The standard InChI is InChI=1S/C18H19N3O3/c1-3-17(22)20-15-10-8-13(9-11-15)18(23)21-19-12-14-6-4-5-7-16(14)24-2/h4-12H,3H2,1-2H3,(H,20,22)(H,21,23)/b19-12-. The van der Waals surface area contributed by atoms with Gasteiger partial charge >= 0.3 is 0 Å². The van der Waals surface area contributed by atoms with Gasteiger partial charge in [-0.15, -0.1) is 0 Å². The lowest BCUT2D eigenvalue weighted by Crippen LogP contribution is -2.17. The molecular formula is C18H19N3O3. The summed E-state index contributed by atoms with van der Waals surface area (Å²) in [5.41, 5.74) is 4.31. The van der Waals surface area contributed by atoms with Crippen LogP contribution in [0.1, 0.15) is 29.3 Å². The van der Waals surface area contributed by atoms with Gasteiger partial charge in [0.25, 0.3) is 5.91 Å². The first-order chi connectivity index (χ1) is 11.6. The Bertz CT molecular complexity index is 739. The molecule has 6 heteroatoms. The minimum absolute atomic E-state index is 0.0754. The summed E-state index contributed by atoms with van der Waals surface area (Å²) in [5.74, 6) is 0.259. The molecule has 0 spiro atoms. The number of nitrogens with one attached hydrogen (secondary N) is 2. The monoisotopic (exact) mass is 325 g/mol. The van der Waals surface area contributed by atoms with Crippen molar-refractivity contribution in [2.45, 2.75) is 13.3 Å². The first kappa shape index (κ1) is 17.2. The van der Waals surface area contributed by atoms with Gasteiger partial charge in [-0.05, 0) is 36.4 Å². The number of rotatable bonds is 6. The van der Waals surface area contributed by atoms with Gasteiger partial charge in [0.05, 0.1) is 13.3 Å². The zero-order valence-electron chi connectivity index (χ0n) is 13.6. The first-order valence-electron chi connectivity index (χ1n) is 7.50. The van der Waals surface area contributed by atoms with E-state index in [1.807, 2.05) is 24.3 Å². The fraction of sp³-hybridized carbons (Fsp3) is 0.167. The van der Waals surface area contributed by atoms with Gasteiger partial charge in [-0.1, -0.05) is 19.1 Å². The topological polar surface area (TPSA) is 79.8 Å². The van der Waals surface area contributed by atoms with E-state index >= 15 is 0 Å². The molecule has 0 aliphatic rings. The van der Waals surface area contributed by atoms with Crippen LogP contribution >= 0.6 is 0 Å². The second-order valence-electron chi connectivity index (χ2n) is 4.92. The molecule has 2 rings (SSSR count). The third-order valence-corrected chi connectivity index (χ3v) is 3.26. The molecule has 0 saturated carbocycles. The summed E-state index contributed by atoms with van der Waals surface area (Å²) in [4.78, 5) is 23.3. The van der Waals surface area contributed by atoms with Crippen LogP contribution in [0.15, 0.2) is 53.6 Å². The van der Waals surface area contributed by atoms with Crippen LogP contribution in [0.25, 0.3) is 0 Å². The van der Waals surface area contributed by atoms with Crippen LogP contribution < -0.4 is 15.5 Å². The second-order valence-corrected chi connectivity index (χ2v) is 4.92. The number of carbonyl (C=O) groups is 2. The maximum absolute atomic E-state index is 12.0. The number of carbonyl (C=O) groups excluding carboxylic acids is 2. The maximum atomic E-state index is 12.0. The quantitative estimate of drug-likeness (QED) is 0.633. The molecule has 0 fully saturated rings. The van der Waals surface area contributed by atoms with Gasteiger partial charge in [-0.3, -0.25) is 9.59 Å². The maximum Gasteiger partial charge on any atom is 0.271 e. The number of benzene rings is 2. The molecule has 0 heterocycles. The van der Waals surface area contributed by atoms with Crippen molar-refractivity contribution in [1.82, 2.24) is 5.43 Å². The number of para-hydroxylation sites is 1. The Morgan fingerprint density at radius 1 is 1.12 bits per heavy atom. The Labute approximate surface area is 140 Å². The van der Waals surface area contributed by atoms with Crippen molar-refractivity contribution in [3.8, 4) is 5.75 Å². The molecule has 2 amide bonds. The van der Waals surface area contributed by atoms with Crippen LogP contribution in [0.3, 0.4) is 0 Å². The van der Waals surface area contributed by atoms with E-state index in [1.54, 1.807) is 38.3 Å². The van der Waals surface area contributed by atoms with Gasteiger partial charge < -0.3 is 10.1 Å². The molecule has 124 valence electrons. The Morgan fingerprint density at radius 3 is 2.50 bits per heavy atom. The molecule has 0 atom stereocenters. The molecule has 0 unspecified atom stereocenters. The normalized spacial score (nSPS) is 10.4. The van der Waals surface area contributed by atoms with E-state index in [1.165, 1.54) is 6.21 Å². The predicted octanol–water partition coefficient (Wildman–Crippen LogP) is 2.81. The number of amides is 2. The third kappa shape index (κ3) is 4.67. The van der Waals surface area contributed by atoms with Crippen LogP contribution in [0.5, 0.6) is 5.75 Å². The fourth-order valence-electron chi connectivity index (χ4n) is 1.95. The van der Waals surface area contributed by atoms with Crippen LogP contribution in [-0.2, 0) is 4.79 Å². The van der Waals surface area contributed by atoms with E-state index in [4.69, 9.17) is 4.74 Å². The third-order valence-electron chi connectivity index (χ3n) is 3.26. The van der Waals surface area contributed by atoms with Gasteiger partial charge in [0.15, 0.2) is 0 Å². The average molecular weight is 325 g/mol. The van der Waals surface area contributed by atoms with Crippen molar-refractivity contribution in [2.24, 2.45) is 5.10 Å². The Morgan fingerprint density at radius 2 is 1.83 bits per heavy atom. The molecule has 0 aliphatic carbocycles. The van der Waals surface area contributed by atoms with Crippen LogP contribution in [-0.4, -0.2) is 25.1 Å². The molecule has 24 heavy (non-hydrogen) atoms. The minimum atomic E-state index is -0.338. The summed E-state index contributed by atoms with van der Waals surface area (Å²) in [6, 6.07) is 14.0. The zero-order valence-corrected chi connectivity index (χ0v) is 13.6. The van der Waals surface area contributed by atoms with E-state index in [0.717, 1.165) is 5.56 Å². The lowest BCUT2D eigenvalue weighted by atomic mass is 10.2. The highest BCUT2D eigenvalue weighted by molar-refractivity contribution is 5.96. The number of hydrazone groups is 1. The van der Waals surface area contributed by atoms with E-state index in [2.05, 4.69) is 15.8 Å². The Hall–Kier alpha value is -3.15. The summed E-state index contributed by atoms with van der Waals surface area (Å²) in [7, 11) is 1.57. The van der Waals surface area contributed by atoms with Gasteiger partial charge in [0.2, 0.25) is 5.91 Å². The van der Waals surface area contributed by atoms with Gasteiger partial charge in [0.1, 0.15) is 5.75 Å². The first-order valence-corrected chi connectivity index (χ1v) is 7.50.